The maximum Gasteiger partial charge on any atom is 0.0104 e. The highest BCUT2D eigenvalue weighted by molar-refractivity contribution is 4.54. The second-order valence-electron chi connectivity index (χ2n) is 3.80. The van der Waals surface area contributed by atoms with E-state index in [1.54, 1.807) is 0 Å². The molecule has 13 heavy (non-hydrogen) atoms. The zero-order valence-corrected chi connectivity index (χ0v) is 9.64. The quantitative estimate of drug-likeness (QED) is 0.558. The summed E-state index contributed by atoms with van der Waals surface area (Å²) in [6.07, 6.45) is 1.24. The van der Waals surface area contributed by atoms with Gasteiger partial charge in [0.2, 0.25) is 0 Å². The van der Waals surface area contributed by atoms with E-state index in [0.29, 0.717) is 0 Å². The highest BCUT2D eigenvalue weighted by Gasteiger charge is 1.93. The number of hydrogen-bond acceptors (Lipinski definition) is 3. The highest BCUT2D eigenvalue weighted by Crippen LogP contribution is 1.81. The minimum Gasteiger partial charge on any atom is -0.315 e. The molecule has 0 unspecified atom stereocenters. The summed E-state index contributed by atoms with van der Waals surface area (Å²) in [4.78, 5) is 4.54. The van der Waals surface area contributed by atoms with Crippen LogP contribution >= 0.6 is 0 Å². The van der Waals surface area contributed by atoms with Gasteiger partial charge in [-0.05, 0) is 47.2 Å². The number of rotatable bonds is 8. The van der Waals surface area contributed by atoms with Gasteiger partial charge in [-0.1, -0.05) is 6.92 Å². The molecule has 1 N–H and O–H groups in total. The average Bonchev–Trinajstić information content (AvgIpc) is 2.10. The van der Waals surface area contributed by atoms with Gasteiger partial charge in [0.05, 0.1) is 0 Å². The predicted molar refractivity (Wildman–Crippen MR) is 59.2 cm³/mol. The summed E-state index contributed by atoms with van der Waals surface area (Å²) in [6.45, 7) is 7.90. The van der Waals surface area contributed by atoms with Gasteiger partial charge in [0, 0.05) is 13.1 Å². The summed E-state index contributed by atoms with van der Waals surface area (Å²) >= 11 is 0. The lowest BCUT2D eigenvalue weighted by atomic mass is 10.4. The van der Waals surface area contributed by atoms with E-state index in [2.05, 4.69) is 43.2 Å². The molecule has 3 nitrogen and oxygen atoms in total. The Kier molecular flexibility index (Phi) is 8.40. The third kappa shape index (κ3) is 9.80. The van der Waals surface area contributed by atoms with Gasteiger partial charge in [-0.15, -0.1) is 0 Å². The van der Waals surface area contributed by atoms with Crippen molar-refractivity contribution < 1.29 is 0 Å². The van der Waals surface area contributed by atoms with E-state index in [9.17, 15) is 0 Å². The van der Waals surface area contributed by atoms with Crippen LogP contribution in [0, 0.1) is 0 Å². The Labute approximate surface area is 83.1 Å². The molecule has 0 saturated carbocycles. The molecule has 0 atom stereocenters. The standard InChI is InChI=1S/C10H25N3/c1-5-13(4)10-8-11-7-6-9-12(2)3/h11H,5-10H2,1-4H3. The maximum atomic E-state index is 3.44. The van der Waals surface area contributed by atoms with Crippen molar-refractivity contribution in [3.8, 4) is 0 Å². The zero-order valence-electron chi connectivity index (χ0n) is 9.64. The van der Waals surface area contributed by atoms with Gasteiger partial charge < -0.3 is 15.1 Å². The minimum absolute atomic E-state index is 1.11. The molecule has 80 valence electrons. The summed E-state index contributed by atoms with van der Waals surface area (Å²) in [5, 5.41) is 3.44. The number of hydrogen-bond donors (Lipinski definition) is 1. The van der Waals surface area contributed by atoms with Crippen molar-refractivity contribution in [3.05, 3.63) is 0 Å². The van der Waals surface area contributed by atoms with Crippen molar-refractivity contribution in [1.29, 1.82) is 0 Å². The molecule has 0 heterocycles. The van der Waals surface area contributed by atoms with Gasteiger partial charge in [0.25, 0.3) is 0 Å². The molecule has 0 aliphatic rings. The summed E-state index contributed by atoms with van der Waals surface area (Å²) in [5.74, 6) is 0. The monoisotopic (exact) mass is 187 g/mol. The van der Waals surface area contributed by atoms with Crippen molar-refractivity contribution >= 4 is 0 Å². The van der Waals surface area contributed by atoms with E-state index < -0.39 is 0 Å². The topological polar surface area (TPSA) is 18.5 Å². The van der Waals surface area contributed by atoms with Crippen LogP contribution in [0.15, 0.2) is 0 Å². The first kappa shape index (κ1) is 12.9. The normalized spacial score (nSPS) is 11.5. The predicted octanol–water partition coefficient (Wildman–Crippen LogP) is 0.479. The van der Waals surface area contributed by atoms with E-state index in [0.717, 1.165) is 26.2 Å². The van der Waals surface area contributed by atoms with E-state index in [-0.39, 0.29) is 0 Å². The van der Waals surface area contributed by atoms with Crippen molar-refractivity contribution in [1.82, 2.24) is 15.1 Å². The number of nitrogens with zero attached hydrogens (tertiary/aromatic N) is 2. The molecule has 0 aliphatic heterocycles. The van der Waals surface area contributed by atoms with Crippen LogP contribution in [0.3, 0.4) is 0 Å². The SMILES string of the molecule is CCN(C)CCNCCCN(C)C. The van der Waals surface area contributed by atoms with Crippen molar-refractivity contribution in [2.75, 3.05) is 53.9 Å². The molecule has 0 aromatic rings. The molecule has 0 spiro atoms. The van der Waals surface area contributed by atoms with Crippen LogP contribution in [0.2, 0.25) is 0 Å². The van der Waals surface area contributed by atoms with E-state index in [1.807, 2.05) is 0 Å². The van der Waals surface area contributed by atoms with Crippen LogP contribution in [0.5, 0.6) is 0 Å². The highest BCUT2D eigenvalue weighted by atomic mass is 15.1. The van der Waals surface area contributed by atoms with E-state index in [4.69, 9.17) is 0 Å². The molecular weight excluding hydrogens is 162 g/mol. The Morgan fingerprint density at radius 3 is 2.23 bits per heavy atom. The van der Waals surface area contributed by atoms with Gasteiger partial charge in [0.1, 0.15) is 0 Å². The molecule has 0 fully saturated rings. The number of nitrogens with one attached hydrogen (secondary N) is 1. The van der Waals surface area contributed by atoms with Gasteiger partial charge in [-0.3, -0.25) is 0 Å². The van der Waals surface area contributed by atoms with Gasteiger partial charge in [-0.2, -0.15) is 0 Å². The first-order valence-corrected chi connectivity index (χ1v) is 5.20. The Morgan fingerprint density at radius 2 is 1.69 bits per heavy atom. The Morgan fingerprint density at radius 1 is 1.00 bits per heavy atom. The summed E-state index contributed by atoms with van der Waals surface area (Å²) in [5.41, 5.74) is 0. The Bertz CT molecular complexity index is 104. The lowest BCUT2D eigenvalue weighted by Gasteiger charge is -2.14. The maximum absolute atomic E-state index is 3.44. The first-order chi connectivity index (χ1) is 6.16. The van der Waals surface area contributed by atoms with Crippen molar-refractivity contribution in [2.45, 2.75) is 13.3 Å². The molecule has 0 radical (unpaired) electrons. The van der Waals surface area contributed by atoms with Crippen LogP contribution in [0.4, 0.5) is 0 Å². The fourth-order valence-electron chi connectivity index (χ4n) is 1.07. The zero-order chi connectivity index (χ0) is 10.1. The second kappa shape index (κ2) is 8.48. The molecule has 0 saturated heterocycles. The fourth-order valence-corrected chi connectivity index (χ4v) is 1.07. The molecule has 0 rings (SSSR count). The summed E-state index contributed by atoms with van der Waals surface area (Å²) in [6, 6.07) is 0. The van der Waals surface area contributed by atoms with E-state index >= 15 is 0 Å². The van der Waals surface area contributed by atoms with E-state index in [1.165, 1.54) is 13.0 Å². The molecule has 0 aromatic carbocycles. The smallest absolute Gasteiger partial charge is 0.0104 e. The summed E-state index contributed by atoms with van der Waals surface area (Å²) in [7, 11) is 6.39. The Hall–Kier alpha value is -0.120. The lowest BCUT2D eigenvalue weighted by Crippen LogP contribution is -2.30. The van der Waals surface area contributed by atoms with Crippen molar-refractivity contribution in [2.24, 2.45) is 0 Å². The van der Waals surface area contributed by atoms with Gasteiger partial charge in [0.15, 0.2) is 0 Å². The van der Waals surface area contributed by atoms with Crippen LogP contribution in [-0.4, -0.2) is 63.7 Å². The lowest BCUT2D eigenvalue weighted by molar-refractivity contribution is 0.344. The van der Waals surface area contributed by atoms with Crippen LogP contribution in [-0.2, 0) is 0 Å². The average molecular weight is 187 g/mol. The third-order valence-corrected chi connectivity index (χ3v) is 2.17. The van der Waals surface area contributed by atoms with Gasteiger partial charge in [-0.25, -0.2) is 0 Å². The minimum atomic E-state index is 1.11. The molecule has 0 aromatic heterocycles. The number of likely N-dealkylation sites (N-methyl/N-ethyl adjacent to an activating group) is 1. The van der Waals surface area contributed by atoms with Crippen LogP contribution in [0.25, 0.3) is 0 Å². The summed E-state index contributed by atoms with van der Waals surface area (Å²) < 4.78 is 0. The molecule has 0 aliphatic carbocycles. The fraction of sp³-hybridized carbons (Fsp3) is 1.00. The van der Waals surface area contributed by atoms with Gasteiger partial charge >= 0.3 is 0 Å². The second-order valence-corrected chi connectivity index (χ2v) is 3.80. The van der Waals surface area contributed by atoms with Crippen molar-refractivity contribution in [3.63, 3.8) is 0 Å². The molecular formula is C10H25N3. The Balaban J connectivity index is 2.99. The third-order valence-electron chi connectivity index (χ3n) is 2.17. The largest absolute Gasteiger partial charge is 0.315 e. The molecule has 0 bridgehead atoms. The van der Waals surface area contributed by atoms with Crippen LogP contribution in [0.1, 0.15) is 13.3 Å². The van der Waals surface area contributed by atoms with Crippen LogP contribution < -0.4 is 5.32 Å². The molecule has 0 amide bonds. The molecule has 3 heteroatoms. The first-order valence-electron chi connectivity index (χ1n) is 5.20.